The van der Waals surface area contributed by atoms with Gasteiger partial charge in [0.1, 0.15) is 11.9 Å². The Morgan fingerprint density at radius 2 is 1.92 bits per heavy atom. The number of aryl methyl sites for hydroxylation is 1. The van der Waals surface area contributed by atoms with Crippen LogP contribution in [0, 0.1) is 12.7 Å². The van der Waals surface area contributed by atoms with Crippen LogP contribution in [0.1, 0.15) is 33.4 Å². The van der Waals surface area contributed by atoms with Crippen molar-refractivity contribution in [1.82, 2.24) is 15.0 Å². The normalized spacial score (nSPS) is 16.2. The van der Waals surface area contributed by atoms with Crippen molar-refractivity contribution in [2.45, 2.75) is 26.2 Å². The van der Waals surface area contributed by atoms with Crippen LogP contribution in [-0.4, -0.2) is 20.9 Å². The minimum atomic E-state index is -0.320. The van der Waals surface area contributed by atoms with E-state index in [-0.39, 0.29) is 30.1 Å². The van der Waals surface area contributed by atoms with E-state index < -0.39 is 0 Å². The molecule has 0 radical (unpaired) electrons. The summed E-state index contributed by atoms with van der Waals surface area (Å²) in [6.45, 7) is 2.62. The highest BCUT2D eigenvalue weighted by molar-refractivity contribution is 6.03. The summed E-state index contributed by atoms with van der Waals surface area (Å²) in [5.41, 5.74) is 3.56. The Kier molecular flexibility index (Phi) is 4.22. The van der Waals surface area contributed by atoms with Gasteiger partial charge in [0.25, 0.3) is 5.91 Å². The van der Waals surface area contributed by atoms with Gasteiger partial charge < -0.3 is 10.1 Å². The first-order chi connectivity index (χ1) is 12.6. The standard InChI is InChI=1S/C19H17FN4O2/c1-12-2-8-15(9-3-12)21-19(25)18-16-11-26-17(10-24(16)23-22-18)13-4-6-14(20)7-5-13/h2-9,17H,10-11H2,1H3,(H,21,25)/t17-/m0/s1. The molecule has 132 valence electrons. The Labute approximate surface area is 149 Å². The van der Waals surface area contributed by atoms with E-state index in [0.29, 0.717) is 17.9 Å². The molecular formula is C19H17FN4O2. The number of rotatable bonds is 3. The minimum Gasteiger partial charge on any atom is -0.365 e. The van der Waals surface area contributed by atoms with Crippen LogP contribution in [-0.2, 0) is 17.9 Å². The molecule has 2 aromatic carbocycles. The first-order valence-corrected chi connectivity index (χ1v) is 8.27. The zero-order valence-corrected chi connectivity index (χ0v) is 14.1. The summed E-state index contributed by atoms with van der Waals surface area (Å²) in [6.07, 6.45) is -0.252. The molecular weight excluding hydrogens is 335 g/mol. The first-order valence-electron chi connectivity index (χ1n) is 8.27. The van der Waals surface area contributed by atoms with Gasteiger partial charge in [0, 0.05) is 5.69 Å². The fourth-order valence-corrected chi connectivity index (χ4v) is 2.89. The number of anilines is 1. The summed E-state index contributed by atoms with van der Waals surface area (Å²) < 4.78 is 20.6. The van der Waals surface area contributed by atoms with Gasteiger partial charge in [-0.1, -0.05) is 35.0 Å². The smallest absolute Gasteiger partial charge is 0.278 e. The summed E-state index contributed by atoms with van der Waals surface area (Å²) in [6, 6.07) is 13.7. The molecule has 4 rings (SSSR count). The lowest BCUT2D eigenvalue weighted by Crippen LogP contribution is -2.24. The van der Waals surface area contributed by atoms with Gasteiger partial charge in [0.15, 0.2) is 5.69 Å². The van der Waals surface area contributed by atoms with Crippen molar-refractivity contribution in [2.24, 2.45) is 0 Å². The zero-order valence-electron chi connectivity index (χ0n) is 14.1. The predicted octanol–water partition coefficient (Wildman–Crippen LogP) is 3.25. The third-order valence-corrected chi connectivity index (χ3v) is 4.36. The molecule has 1 aliphatic heterocycles. The lowest BCUT2D eigenvalue weighted by molar-refractivity contribution is -0.00174. The summed E-state index contributed by atoms with van der Waals surface area (Å²) in [5.74, 6) is -0.611. The molecule has 0 spiro atoms. The van der Waals surface area contributed by atoms with E-state index in [2.05, 4.69) is 15.6 Å². The average Bonchev–Trinajstić information content (AvgIpc) is 3.07. The fraction of sp³-hybridized carbons (Fsp3) is 0.211. The molecule has 1 aromatic heterocycles. The Morgan fingerprint density at radius 1 is 1.19 bits per heavy atom. The van der Waals surface area contributed by atoms with E-state index in [1.54, 1.807) is 16.8 Å². The van der Waals surface area contributed by atoms with Crippen LogP contribution in [0.3, 0.4) is 0 Å². The molecule has 0 saturated heterocycles. The third-order valence-electron chi connectivity index (χ3n) is 4.36. The molecule has 0 saturated carbocycles. The molecule has 1 N–H and O–H groups in total. The van der Waals surface area contributed by atoms with Gasteiger partial charge in [0.2, 0.25) is 0 Å². The number of benzene rings is 2. The van der Waals surface area contributed by atoms with E-state index >= 15 is 0 Å². The number of nitrogens with zero attached hydrogens (tertiary/aromatic N) is 3. The molecule has 0 bridgehead atoms. The van der Waals surface area contributed by atoms with Gasteiger partial charge in [-0.05, 0) is 36.8 Å². The highest BCUT2D eigenvalue weighted by atomic mass is 19.1. The van der Waals surface area contributed by atoms with Crippen molar-refractivity contribution < 1.29 is 13.9 Å². The van der Waals surface area contributed by atoms with Gasteiger partial charge in [-0.25, -0.2) is 9.07 Å². The SMILES string of the molecule is Cc1ccc(NC(=O)c2nnn3c2CO[C@H](c2ccc(F)cc2)C3)cc1. The minimum absolute atomic E-state index is 0.214. The number of carbonyl (C=O) groups excluding carboxylic acids is 1. The Morgan fingerprint density at radius 3 is 2.65 bits per heavy atom. The number of hydrogen-bond donors (Lipinski definition) is 1. The first kappa shape index (κ1) is 16.4. The lowest BCUT2D eigenvalue weighted by atomic mass is 10.1. The van der Waals surface area contributed by atoms with Crippen LogP contribution >= 0.6 is 0 Å². The summed E-state index contributed by atoms with van der Waals surface area (Å²) >= 11 is 0. The number of ether oxygens (including phenoxy) is 1. The number of fused-ring (bicyclic) bond motifs is 1. The molecule has 3 aromatic rings. The van der Waals surface area contributed by atoms with Crippen LogP contribution in [0.15, 0.2) is 48.5 Å². The van der Waals surface area contributed by atoms with Gasteiger partial charge in [0.05, 0.1) is 18.8 Å². The van der Waals surface area contributed by atoms with Crippen LogP contribution < -0.4 is 5.32 Å². The summed E-state index contributed by atoms with van der Waals surface area (Å²) in [4.78, 5) is 12.5. The monoisotopic (exact) mass is 352 g/mol. The molecule has 1 amide bonds. The third kappa shape index (κ3) is 3.21. The number of amides is 1. The second kappa shape index (κ2) is 6.68. The van der Waals surface area contributed by atoms with Crippen molar-refractivity contribution in [3.05, 3.63) is 76.9 Å². The topological polar surface area (TPSA) is 69.0 Å². The maximum Gasteiger partial charge on any atom is 0.278 e. The van der Waals surface area contributed by atoms with Crippen molar-refractivity contribution >= 4 is 11.6 Å². The highest BCUT2D eigenvalue weighted by Gasteiger charge is 2.27. The van der Waals surface area contributed by atoms with Gasteiger partial charge in [-0.2, -0.15) is 0 Å². The van der Waals surface area contributed by atoms with E-state index in [0.717, 1.165) is 11.1 Å². The number of halogens is 1. The largest absolute Gasteiger partial charge is 0.365 e. The lowest BCUT2D eigenvalue weighted by Gasteiger charge is -2.24. The predicted molar refractivity (Wildman–Crippen MR) is 93.1 cm³/mol. The van der Waals surface area contributed by atoms with Crippen LogP contribution in [0.5, 0.6) is 0 Å². The molecule has 1 aliphatic rings. The Hall–Kier alpha value is -3.06. The molecule has 6 nitrogen and oxygen atoms in total. The Balaban J connectivity index is 1.51. The highest BCUT2D eigenvalue weighted by Crippen LogP contribution is 2.27. The number of aromatic nitrogens is 3. The molecule has 1 atom stereocenters. The van der Waals surface area contributed by atoms with Crippen molar-refractivity contribution in [2.75, 3.05) is 5.32 Å². The van der Waals surface area contributed by atoms with Crippen LogP contribution in [0.4, 0.5) is 10.1 Å². The maximum atomic E-state index is 13.1. The van der Waals surface area contributed by atoms with E-state index in [9.17, 15) is 9.18 Å². The second-order valence-corrected chi connectivity index (χ2v) is 6.24. The number of hydrogen-bond acceptors (Lipinski definition) is 4. The quantitative estimate of drug-likeness (QED) is 0.786. The second-order valence-electron chi connectivity index (χ2n) is 6.24. The fourth-order valence-electron chi connectivity index (χ4n) is 2.89. The van der Waals surface area contributed by atoms with Crippen LogP contribution in [0.2, 0.25) is 0 Å². The van der Waals surface area contributed by atoms with Gasteiger partial charge >= 0.3 is 0 Å². The molecule has 0 unspecified atom stereocenters. The summed E-state index contributed by atoms with van der Waals surface area (Å²) in [7, 11) is 0. The van der Waals surface area contributed by atoms with E-state index in [1.165, 1.54) is 12.1 Å². The molecule has 2 heterocycles. The molecule has 0 fully saturated rings. The number of carbonyl (C=O) groups is 1. The van der Waals surface area contributed by atoms with E-state index in [1.807, 2.05) is 31.2 Å². The maximum absolute atomic E-state index is 13.1. The molecule has 0 aliphatic carbocycles. The number of nitrogens with one attached hydrogen (secondary N) is 1. The van der Waals surface area contributed by atoms with Crippen molar-refractivity contribution in [1.29, 1.82) is 0 Å². The summed E-state index contributed by atoms with van der Waals surface area (Å²) in [5, 5.41) is 10.9. The van der Waals surface area contributed by atoms with Crippen molar-refractivity contribution in [3.8, 4) is 0 Å². The van der Waals surface area contributed by atoms with Crippen molar-refractivity contribution in [3.63, 3.8) is 0 Å². The van der Waals surface area contributed by atoms with Crippen LogP contribution in [0.25, 0.3) is 0 Å². The zero-order chi connectivity index (χ0) is 18.1. The average molecular weight is 352 g/mol. The van der Waals surface area contributed by atoms with Gasteiger partial charge in [-0.3, -0.25) is 4.79 Å². The molecule has 26 heavy (non-hydrogen) atoms. The van der Waals surface area contributed by atoms with E-state index in [4.69, 9.17) is 4.74 Å². The van der Waals surface area contributed by atoms with Gasteiger partial charge in [-0.15, -0.1) is 5.10 Å². The Bertz CT molecular complexity index is 935. The molecule has 7 heteroatoms.